The van der Waals surface area contributed by atoms with Crippen molar-refractivity contribution in [2.24, 2.45) is 0 Å². The second-order valence-corrected chi connectivity index (χ2v) is 4.97. The highest BCUT2D eigenvalue weighted by Gasteiger charge is 2.04. The van der Waals surface area contributed by atoms with Gasteiger partial charge in [-0.1, -0.05) is 5.92 Å². The summed E-state index contributed by atoms with van der Waals surface area (Å²) >= 11 is 5.50. The van der Waals surface area contributed by atoms with E-state index in [1.165, 1.54) is 0 Å². The number of hydrogen-bond acceptors (Lipinski definition) is 4. The van der Waals surface area contributed by atoms with Gasteiger partial charge < -0.3 is 19.3 Å². The fourth-order valence-electron chi connectivity index (χ4n) is 1.71. The van der Waals surface area contributed by atoms with E-state index in [9.17, 15) is 5.11 Å². The van der Waals surface area contributed by atoms with E-state index >= 15 is 0 Å². The number of terminal acetylenes is 1. The number of halogens is 1. The summed E-state index contributed by atoms with van der Waals surface area (Å²) < 4.78 is 16.4. The minimum absolute atomic E-state index is 0. The summed E-state index contributed by atoms with van der Waals surface area (Å²) in [7, 11) is 0. The van der Waals surface area contributed by atoms with Crippen LogP contribution in [0, 0.1) is 12.3 Å². The molecule has 0 spiro atoms. The Morgan fingerprint density at radius 3 is 1.83 bits per heavy atom. The summed E-state index contributed by atoms with van der Waals surface area (Å²) in [5.74, 6) is 5.24. The third-order valence-electron chi connectivity index (χ3n) is 2.83. The molecule has 128 valence electrons. The van der Waals surface area contributed by atoms with Gasteiger partial charge in [0, 0.05) is 0 Å². The summed E-state index contributed by atoms with van der Waals surface area (Å²) in [6.07, 6.45) is 4.46. The smallest absolute Gasteiger partial charge is 0.148 e. The second kappa shape index (κ2) is 10.7. The largest absolute Gasteiger partial charge is 0.491 e. The molecule has 0 aliphatic heterocycles. The molecule has 1 unspecified atom stereocenters. The molecule has 6 heteroatoms. The van der Waals surface area contributed by atoms with Gasteiger partial charge in [0.1, 0.15) is 42.3 Å². The van der Waals surface area contributed by atoms with E-state index in [0.29, 0.717) is 23.0 Å². The van der Waals surface area contributed by atoms with Crippen molar-refractivity contribution < 1.29 is 19.3 Å². The van der Waals surface area contributed by atoms with E-state index < -0.39 is 6.10 Å². The van der Waals surface area contributed by atoms with Gasteiger partial charge in [-0.15, -0.1) is 18.0 Å². The van der Waals surface area contributed by atoms with Crippen LogP contribution < -0.4 is 14.2 Å². The molecule has 1 atom stereocenters. The standard InChI is InChI=1S/C18H17ClO4.H2S/c1-2-11-21-15-3-7-17(8-4-15)23-18-9-5-16(6-10-18)22-13-14(20)12-19;/h1,3-10,14,20H,11-13H2;1H2. The van der Waals surface area contributed by atoms with Crippen LogP contribution in [0.5, 0.6) is 23.0 Å². The van der Waals surface area contributed by atoms with Gasteiger partial charge in [-0.3, -0.25) is 0 Å². The van der Waals surface area contributed by atoms with E-state index in [1.807, 2.05) is 0 Å². The van der Waals surface area contributed by atoms with E-state index in [1.54, 1.807) is 48.5 Å². The molecule has 2 aromatic rings. The molecule has 0 heterocycles. The molecule has 0 radical (unpaired) electrons. The van der Waals surface area contributed by atoms with Crippen molar-refractivity contribution in [3.63, 3.8) is 0 Å². The summed E-state index contributed by atoms with van der Waals surface area (Å²) in [5, 5.41) is 9.34. The first kappa shape index (κ1) is 20.0. The number of rotatable bonds is 8. The Kier molecular flexibility index (Phi) is 8.95. The molecule has 0 amide bonds. The van der Waals surface area contributed by atoms with Crippen LogP contribution in [0.1, 0.15) is 0 Å². The zero-order chi connectivity index (χ0) is 16.5. The number of benzene rings is 2. The van der Waals surface area contributed by atoms with Crippen LogP contribution in [0.15, 0.2) is 48.5 Å². The Hall–Kier alpha value is -2.00. The van der Waals surface area contributed by atoms with Crippen LogP contribution in [0.3, 0.4) is 0 Å². The van der Waals surface area contributed by atoms with Crippen molar-refractivity contribution in [2.45, 2.75) is 6.10 Å². The number of hydrogen-bond donors (Lipinski definition) is 1. The lowest BCUT2D eigenvalue weighted by Gasteiger charge is -2.11. The van der Waals surface area contributed by atoms with E-state index in [-0.39, 0.29) is 32.6 Å². The second-order valence-electron chi connectivity index (χ2n) is 4.66. The molecule has 0 aliphatic carbocycles. The SMILES string of the molecule is C#CCOc1ccc(Oc2ccc(OCC(O)CCl)cc2)cc1.S. The zero-order valence-corrected chi connectivity index (χ0v) is 14.7. The highest BCUT2D eigenvalue weighted by molar-refractivity contribution is 7.59. The van der Waals surface area contributed by atoms with Crippen LogP contribution in [0.25, 0.3) is 0 Å². The molecule has 1 N–H and O–H groups in total. The molecule has 0 saturated heterocycles. The van der Waals surface area contributed by atoms with Crippen LogP contribution >= 0.6 is 25.1 Å². The molecule has 0 saturated carbocycles. The van der Waals surface area contributed by atoms with Crippen LogP contribution in [0.4, 0.5) is 0 Å². The van der Waals surface area contributed by atoms with Crippen LogP contribution in [0.2, 0.25) is 0 Å². The molecule has 0 bridgehead atoms. The molecular weight excluding hydrogens is 348 g/mol. The lowest BCUT2D eigenvalue weighted by molar-refractivity contribution is 0.125. The van der Waals surface area contributed by atoms with E-state index in [4.69, 9.17) is 32.2 Å². The summed E-state index contributed by atoms with van der Waals surface area (Å²) in [6.45, 7) is 0.392. The molecule has 2 rings (SSSR count). The summed E-state index contributed by atoms with van der Waals surface area (Å²) in [4.78, 5) is 0. The Labute approximate surface area is 153 Å². The van der Waals surface area contributed by atoms with Gasteiger partial charge in [-0.05, 0) is 48.5 Å². The Balaban J connectivity index is 0.00000288. The number of ether oxygens (including phenoxy) is 3. The average Bonchev–Trinajstić information content (AvgIpc) is 2.60. The number of aliphatic hydroxyl groups is 1. The highest BCUT2D eigenvalue weighted by atomic mass is 35.5. The molecule has 2 aromatic carbocycles. The van der Waals surface area contributed by atoms with Gasteiger partial charge >= 0.3 is 0 Å². The lowest BCUT2D eigenvalue weighted by Crippen LogP contribution is -2.18. The molecular formula is C18H19ClO4S. The normalized spacial score (nSPS) is 10.9. The Morgan fingerprint density at radius 2 is 1.38 bits per heavy atom. The van der Waals surface area contributed by atoms with Gasteiger partial charge in [0.2, 0.25) is 0 Å². The van der Waals surface area contributed by atoms with Crippen molar-refractivity contribution in [3.8, 4) is 35.3 Å². The molecule has 0 fully saturated rings. The number of aliphatic hydroxyl groups excluding tert-OH is 1. The maximum atomic E-state index is 9.34. The van der Waals surface area contributed by atoms with Gasteiger partial charge in [-0.25, -0.2) is 0 Å². The van der Waals surface area contributed by atoms with Crippen molar-refractivity contribution in [1.29, 1.82) is 0 Å². The molecule has 0 aliphatic rings. The first-order valence-electron chi connectivity index (χ1n) is 7.02. The molecule has 4 nitrogen and oxygen atoms in total. The van der Waals surface area contributed by atoms with Gasteiger partial charge in [-0.2, -0.15) is 13.5 Å². The third kappa shape index (κ3) is 6.63. The fourth-order valence-corrected chi connectivity index (χ4v) is 1.79. The lowest BCUT2D eigenvalue weighted by atomic mass is 10.3. The van der Waals surface area contributed by atoms with Gasteiger partial charge in [0.25, 0.3) is 0 Å². The minimum Gasteiger partial charge on any atom is -0.491 e. The maximum absolute atomic E-state index is 9.34. The highest BCUT2D eigenvalue weighted by Crippen LogP contribution is 2.25. The first-order chi connectivity index (χ1) is 11.2. The van der Waals surface area contributed by atoms with Crippen LogP contribution in [-0.2, 0) is 0 Å². The van der Waals surface area contributed by atoms with Crippen LogP contribution in [-0.4, -0.2) is 30.3 Å². The van der Waals surface area contributed by atoms with Crippen molar-refractivity contribution >= 4 is 25.1 Å². The zero-order valence-electron chi connectivity index (χ0n) is 12.9. The Morgan fingerprint density at radius 1 is 0.917 bits per heavy atom. The van der Waals surface area contributed by atoms with Crippen molar-refractivity contribution in [3.05, 3.63) is 48.5 Å². The Bertz CT molecular complexity index is 638. The van der Waals surface area contributed by atoms with E-state index in [0.717, 1.165) is 0 Å². The van der Waals surface area contributed by atoms with Gasteiger partial charge in [0.15, 0.2) is 0 Å². The topological polar surface area (TPSA) is 47.9 Å². The van der Waals surface area contributed by atoms with Crippen molar-refractivity contribution in [1.82, 2.24) is 0 Å². The monoisotopic (exact) mass is 366 g/mol. The number of alkyl halides is 1. The fraction of sp³-hybridized carbons (Fsp3) is 0.222. The van der Waals surface area contributed by atoms with E-state index in [2.05, 4.69) is 5.92 Å². The molecule has 24 heavy (non-hydrogen) atoms. The average molecular weight is 367 g/mol. The maximum Gasteiger partial charge on any atom is 0.148 e. The first-order valence-corrected chi connectivity index (χ1v) is 7.56. The summed E-state index contributed by atoms with van der Waals surface area (Å²) in [5.41, 5.74) is 0. The predicted molar refractivity (Wildman–Crippen MR) is 99.9 cm³/mol. The minimum atomic E-state index is -0.678. The predicted octanol–water partition coefficient (Wildman–Crippen LogP) is 3.58. The third-order valence-corrected chi connectivity index (χ3v) is 3.18. The van der Waals surface area contributed by atoms with Crippen molar-refractivity contribution in [2.75, 3.05) is 19.1 Å². The molecule has 0 aromatic heterocycles. The van der Waals surface area contributed by atoms with Gasteiger partial charge in [0.05, 0.1) is 5.88 Å². The summed E-state index contributed by atoms with van der Waals surface area (Å²) in [6, 6.07) is 14.3. The quantitative estimate of drug-likeness (QED) is 0.573.